The highest BCUT2D eigenvalue weighted by atomic mass is 16.5. The molecule has 20 heavy (non-hydrogen) atoms. The van der Waals surface area contributed by atoms with E-state index in [4.69, 9.17) is 4.74 Å². The lowest BCUT2D eigenvalue weighted by molar-refractivity contribution is 0.112. The molecule has 4 nitrogen and oxygen atoms in total. The Labute approximate surface area is 119 Å². The summed E-state index contributed by atoms with van der Waals surface area (Å²) in [6.07, 6.45) is 2.78. The van der Waals surface area contributed by atoms with E-state index in [2.05, 4.69) is 5.10 Å². The van der Waals surface area contributed by atoms with Crippen LogP contribution in [-0.2, 0) is 0 Å². The summed E-state index contributed by atoms with van der Waals surface area (Å²) >= 11 is 0. The smallest absolute Gasteiger partial charge is 0.153 e. The molecule has 0 radical (unpaired) electrons. The first-order valence-electron chi connectivity index (χ1n) is 6.82. The molecule has 2 aromatic rings. The Morgan fingerprint density at radius 1 is 1.15 bits per heavy atom. The van der Waals surface area contributed by atoms with Gasteiger partial charge in [0.05, 0.1) is 11.7 Å². The highest BCUT2D eigenvalue weighted by Crippen LogP contribution is 2.25. The van der Waals surface area contributed by atoms with Crippen molar-refractivity contribution in [1.82, 2.24) is 9.78 Å². The third-order valence-electron chi connectivity index (χ3n) is 2.92. The molecule has 0 N–H and O–H groups in total. The second-order valence-electron chi connectivity index (χ2n) is 5.32. The maximum Gasteiger partial charge on any atom is 0.153 e. The normalized spacial score (nSPS) is 11.1. The monoisotopic (exact) mass is 272 g/mol. The van der Waals surface area contributed by atoms with E-state index >= 15 is 0 Å². The maximum absolute atomic E-state index is 11.2. The molecule has 0 fully saturated rings. The zero-order valence-corrected chi connectivity index (χ0v) is 12.3. The molecule has 1 aromatic heterocycles. The molecule has 0 saturated heterocycles. The number of carbonyl (C=O) groups excluding carboxylic acids is 1. The number of hydrogen-bond donors (Lipinski definition) is 0. The van der Waals surface area contributed by atoms with Crippen LogP contribution in [0.5, 0.6) is 5.75 Å². The lowest BCUT2D eigenvalue weighted by atomic mass is 10.1. The summed E-state index contributed by atoms with van der Waals surface area (Å²) in [7, 11) is 0. The number of nitrogens with zero attached hydrogens (tertiary/aromatic N) is 2. The molecule has 0 atom stereocenters. The number of hydrogen-bond acceptors (Lipinski definition) is 3. The molecule has 1 aromatic carbocycles. The predicted octanol–water partition coefficient (Wildman–Crippen LogP) is 3.73. The second kappa shape index (κ2) is 5.90. The Hall–Kier alpha value is -2.10. The van der Waals surface area contributed by atoms with Crippen LogP contribution in [-0.4, -0.2) is 22.2 Å². The van der Waals surface area contributed by atoms with Crippen molar-refractivity contribution in [2.24, 2.45) is 0 Å². The quantitative estimate of drug-likeness (QED) is 0.779. The largest absolute Gasteiger partial charge is 0.491 e. The van der Waals surface area contributed by atoms with Crippen LogP contribution in [0.4, 0.5) is 0 Å². The Bertz CT molecular complexity index is 583. The molecule has 0 aliphatic rings. The first kappa shape index (κ1) is 14.3. The van der Waals surface area contributed by atoms with Crippen molar-refractivity contribution in [3.63, 3.8) is 0 Å². The number of aldehydes is 1. The first-order valence-corrected chi connectivity index (χ1v) is 6.82. The summed E-state index contributed by atoms with van der Waals surface area (Å²) in [6.45, 7) is 8.04. The highest BCUT2D eigenvalue weighted by molar-refractivity contribution is 5.85. The minimum absolute atomic E-state index is 0.145. The van der Waals surface area contributed by atoms with E-state index < -0.39 is 0 Å². The third-order valence-corrected chi connectivity index (χ3v) is 2.92. The van der Waals surface area contributed by atoms with Gasteiger partial charge in [0.2, 0.25) is 0 Å². The summed E-state index contributed by atoms with van der Waals surface area (Å²) in [5.74, 6) is 0.819. The highest BCUT2D eigenvalue weighted by Gasteiger charge is 2.12. The van der Waals surface area contributed by atoms with Crippen LogP contribution in [0.3, 0.4) is 0 Å². The zero-order chi connectivity index (χ0) is 14.7. The fourth-order valence-electron chi connectivity index (χ4n) is 1.94. The molecule has 0 spiro atoms. The summed E-state index contributed by atoms with van der Waals surface area (Å²) in [5.41, 5.74) is 2.24. The molecule has 0 amide bonds. The van der Waals surface area contributed by atoms with Crippen molar-refractivity contribution in [1.29, 1.82) is 0 Å². The van der Waals surface area contributed by atoms with Gasteiger partial charge in [0.1, 0.15) is 11.4 Å². The van der Waals surface area contributed by atoms with Crippen LogP contribution in [0.1, 0.15) is 44.1 Å². The van der Waals surface area contributed by atoms with E-state index in [1.165, 1.54) is 0 Å². The fourth-order valence-corrected chi connectivity index (χ4v) is 1.94. The molecule has 0 aliphatic carbocycles. The molecule has 106 valence electrons. The van der Waals surface area contributed by atoms with Gasteiger partial charge < -0.3 is 4.74 Å². The van der Waals surface area contributed by atoms with Gasteiger partial charge in [0.15, 0.2) is 6.29 Å². The molecule has 0 saturated carbocycles. The van der Waals surface area contributed by atoms with Crippen molar-refractivity contribution in [2.75, 3.05) is 0 Å². The maximum atomic E-state index is 11.2. The van der Waals surface area contributed by atoms with Crippen LogP contribution >= 0.6 is 0 Å². The zero-order valence-electron chi connectivity index (χ0n) is 12.3. The summed E-state index contributed by atoms with van der Waals surface area (Å²) in [5, 5.41) is 4.49. The standard InChI is InChI=1S/C16H20N2O2/c1-11(2)18-9-14(10-19)16(17-18)13-5-7-15(8-6-13)20-12(3)4/h5-12H,1-4H3. The molecule has 0 aliphatic heterocycles. The number of aromatic nitrogens is 2. The Morgan fingerprint density at radius 3 is 2.30 bits per heavy atom. The van der Waals surface area contributed by atoms with Crippen LogP contribution in [0, 0.1) is 0 Å². The Morgan fingerprint density at radius 2 is 1.80 bits per heavy atom. The SMILES string of the molecule is CC(C)Oc1ccc(-c2nn(C(C)C)cc2C=O)cc1. The van der Waals surface area contributed by atoms with Crippen LogP contribution in [0.15, 0.2) is 30.5 Å². The van der Waals surface area contributed by atoms with Gasteiger partial charge >= 0.3 is 0 Å². The number of rotatable bonds is 5. The van der Waals surface area contributed by atoms with Gasteiger partial charge in [-0.3, -0.25) is 9.48 Å². The molecular weight excluding hydrogens is 252 g/mol. The van der Waals surface area contributed by atoms with Gasteiger partial charge in [0.25, 0.3) is 0 Å². The van der Waals surface area contributed by atoms with Gasteiger partial charge in [0, 0.05) is 17.8 Å². The Kier molecular flexibility index (Phi) is 4.23. The summed E-state index contributed by atoms with van der Waals surface area (Å²) < 4.78 is 7.41. The lowest BCUT2D eigenvalue weighted by Crippen LogP contribution is -2.05. The van der Waals surface area contributed by atoms with E-state index in [-0.39, 0.29) is 12.1 Å². The van der Waals surface area contributed by atoms with Crippen LogP contribution < -0.4 is 4.74 Å². The molecule has 0 bridgehead atoms. The van der Waals surface area contributed by atoms with Crippen LogP contribution in [0.25, 0.3) is 11.3 Å². The average molecular weight is 272 g/mol. The average Bonchev–Trinajstić information content (AvgIpc) is 2.83. The minimum Gasteiger partial charge on any atom is -0.491 e. The number of benzene rings is 1. The van der Waals surface area contributed by atoms with Gasteiger partial charge in [-0.05, 0) is 52.0 Å². The van der Waals surface area contributed by atoms with Crippen molar-refractivity contribution < 1.29 is 9.53 Å². The van der Waals surface area contributed by atoms with Crippen molar-refractivity contribution in [3.8, 4) is 17.0 Å². The second-order valence-corrected chi connectivity index (χ2v) is 5.32. The van der Waals surface area contributed by atoms with Gasteiger partial charge in [-0.2, -0.15) is 5.10 Å². The minimum atomic E-state index is 0.145. The fraction of sp³-hybridized carbons (Fsp3) is 0.375. The number of ether oxygens (including phenoxy) is 1. The van der Waals surface area contributed by atoms with Gasteiger partial charge in [-0.1, -0.05) is 0 Å². The molecule has 4 heteroatoms. The van der Waals surface area contributed by atoms with E-state index in [0.717, 1.165) is 17.6 Å². The topological polar surface area (TPSA) is 44.1 Å². The van der Waals surface area contributed by atoms with E-state index in [0.29, 0.717) is 11.3 Å². The molecule has 0 unspecified atom stereocenters. The van der Waals surface area contributed by atoms with Gasteiger partial charge in [-0.15, -0.1) is 0 Å². The molecular formula is C16H20N2O2. The van der Waals surface area contributed by atoms with E-state index in [1.54, 1.807) is 10.9 Å². The van der Waals surface area contributed by atoms with Crippen LogP contribution in [0.2, 0.25) is 0 Å². The third kappa shape index (κ3) is 3.07. The summed E-state index contributed by atoms with van der Waals surface area (Å²) in [6, 6.07) is 7.89. The van der Waals surface area contributed by atoms with E-state index in [9.17, 15) is 4.79 Å². The Balaban J connectivity index is 2.33. The first-order chi connectivity index (χ1) is 9.51. The van der Waals surface area contributed by atoms with Crippen molar-refractivity contribution >= 4 is 6.29 Å². The predicted molar refractivity (Wildman–Crippen MR) is 79.2 cm³/mol. The van der Waals surface area contributed by atoms with Gasteiger partial charge in [-0.25, -0.2) is 0 Å². The summed E-state index contributed by atoms with van der Waals surface area (Å²) in [4.78, 5) is 11.2. The lowest BCUT2D eigenvalue weighted by Gasteiger charge is -2.09. The van der Waals surface area contributed by atoms with Crippen molar-refractivity contribution in [2.45, 2.75) is 39.8 Å². The molecule has 2 rings (SSSR count). The van der Waals surface area contributed by atoms with E-state index in [1.807, 2.05) is 52.0 Å². The van der Waals surface area contributed by atoms with Crippen molar-refractivity contribution in [3.05, 3.63) is 36.0 Å². The molecule has 1 heterocycles. The number of carbonyl (C=O) groups is 1.